The summed E-state index contributed by atoms with van der Waals surface area (Å²) in [5, 5.41) is 0. The SMILES string of the molecule is COCCn1c(C)nc2c3c(c(OC)cc21)-c1cccn2c(C(=O)c4cc(F)c(N)c(F)c4)cc(c12)CCS3. The van der Waals surface area contributed by atoms with Gasteiger partial charge in [-0.15, -0.1) is 11.8 Å². The Morgan fingerprint density at radius 1 is 1.18 bits per heavy atom. The highest BCUT2D eigenvalue weighted by molar-refractivity contribution is 7.99. The number of pyridine rings is 1. The Balaban J connectivity index is 1.59. The molecule has 1 aliphatic heterocycles. The summed E-state index contributed by atoms with van der Waals surface area (Å²) >= 11 is 1.70. The van der Waals surface area contributed by atoms with Crippen molar-refractivity contribution in [1.82, 2.24) is 14.0 Å². The molecule has 39 heavy (non-hydrogen) atoms. The van der Waals surface area contributed by atoms with Gasteiger partial charge in [-0.05, 0) is 43.2 Å². The molecule has 2 aromatic carbocycles. The Morgan fingerprint density at radius 2 is 1.95 bits per heavy atom. The molecule has 3 aromatic heterocycles. The molecule has 0 atom stereocenters. The molecule has 0 spiro atoms. The molecular weight excluding hydrogens is 522 g/mol. The molecule has 10 heteroatoms. The summed E-state index contributed by atoms with van der Waals surface area (Å²) in [4.78, 5) is 19.5. The maximum absolute atomic E-state index is 14.2. The minimum absolute atomic E-state index is 0.100. The van der Waals surface area contributed by atoms with Crippen LogP contribution in [-0.4, -0.2) is 46.3 Å². The molecule has 0 amide bonds. The number of halogens is 2. The maximum atomic E-state index is 14.2. The summed E-state index contributed by atoms with van der Waals surface area (Å²) < 4.78 is 43.6. The van der Waals surface area contributed by atoms with Gasteiger partial charge in [0.15, 0.2) is 0 Å². The average Bonchev–Trinajstić information content (AvgIpc) is 3.45. The van der Waals surface area contributed by atoms with Crippen LogP contribution in [0, 0.1) is 18.6 Å². The van der Waals surface area contributed by atoms with E-state index in [-0.39, 0.29) is 5.56 Å². The van der Waals surface area contributed by atoms with Gasteiger partial charge in [0.2, 0.25) is 5.78 Å². The fourth-order valence-corrected chi connectivity index (χ4v) is 6.54. The fourth-order valence-electron chi connectivity index (χ4n) is 5.38. The van der Waals surface area contributed by atoms with E-state index in [1.54, 1.807) is 36.6 Å². The second-order valence-corrected chi connectivity index (χ2v) is 10.5. The Kier molecular flexibility index (Phi) is 6.31. The first-order valence-electron chi connectivity index (χ1n) is 12.5. The van der Waals surface area contributed by atoms with Crippen LogP contribution in [0.2, 0.25) is 0 Å². The molecule has 2 N–H and O–H groups in total. The van der Waals surface area contributed by atoms with Gasteiger partial charge in [0, 0.05) is 53.3 Å². The number of carbonyl (C=O) groups is 1. The van der Waals surface area contributed by atoms with Gasteiger partial charge in [-0.25, -0.2) is 13.8 Å². The minimum atomic E-state index is -0.961. The molecule has 0 radical (unpaired) electrons. The van der Waals surface area contributed by atoms with Gasteiger partial charge in [0.25, 0.3) is 0 Å². The summed E-state index contributed by atoms with van der Waals surface area (Å²) in [6.07, 6.45) is 2.48. The number of hydrogen-bond donors (Lipinski definition) is 1. The molecule has 0 bridgehead atoms. The lowest BCUT2D eigenvalue weighted by molar-refractivity contribution is 0.103. The molecular formula is C29H26F2N4O3S. The van der Waals surface area contributed by atoms with E-state index in [1.165, 1.54) is 0 Å². The standard InChI is InChI=1S/C29H26F2N4O3S/c1-15-33-26-21(34(15)8-9-37-2)14-23(38-3)24-18-5-4-7-35-22(13-16(27(18)35)6-10-39-29(24)26)28(36)17-11-19(30)25(32)20(31)12-17/h4-5,7,11-14H,6,8-10,32H2,1-3H3. The van der Waals surface area contributed by atoms with Crippen molar-refractivity contribution in [3.63, 3.8) is 0 Å². The first-order valence-corrected chi connectivity index (χ1v) is 13.4. The first-order chi connectivity index (χ1) is 18.8. The van der Waals surface area contributed by atoms with E-state index in [0.29, 0.717) is 31.0 Å². The number of aryl methyl sites for hydroxylation is 2. The smallest absolute Gasteiger partial charge is 0.209 e. The van der Waals surface area contributed by atoms with Crippen molar-refractivity contribution in [3.8, 4) is 16.9 Å². The number of benzene rings is 2. The monoisotopic (exact) mass is 548 g/mol. The highest BCUT2D eigenvalue weighted by Crippen LogP contribution is 2.47. The maximum Gasteiger partial charge on any atom is 0.209 e. The van der Waals surface area contributed by atoms with E-state index in [1.807, 2.05) is 31.2 Å². The lowest BCUT2D eigenvalue weighted by Gasteiger charge is -2.19. The third-order valence-electron chi connectivity index (χ3n) is 7.22. The van der Waals surface area contributed by atoms with Gasteiger partial charge in [0.1, 0.15) is 34.4 Å². The van der Waals surface area contributed by atoms with Crippen molar-refractivity contribution < 1.29 is 23.0 Å². The third kappa shape index (κ3) is 3.97. The van der Waals surface area contributed by atoms with Crippen LogP contribution in [0.15, 0.2) is 47.5 Å². The average molecular weight is 549 g/mol. The number of methoxy groups -OCH3 is 2. The van der Waals surface area contributed by atoms with Crippen molar-refractivity contribution in [1.29, 1.82) is 0 Å². The van der Waals surface area contributed by atoms with E-state index in [2.05, 4.69) is 4.57 Å². The number of nitrogens with zero attached hydrogens (tertiary/aromatic N) is 3. The first kappa shape index (κ1) is 25.4. The van der Waals surface area contributed by atoms with Crippen LogP contribution < -0.4 is 10.5 Å². The number of aromatic nitrogens is 3. The van der Waals surface area contributed by atoms with Crippen molar-refractivity contribution in [2.24, 2.45) is 0 Å². The van der Waals surface area contributed by atoms with Gasteiger partial charge in [-0.3, -0.25) is 4.79 Å². The van der Waals surface area contributed by atoms with Crippen LogP contribution >= 0.6 is 11.8 Å². The van der Waals surface area contributed by atoms with Crippen molar-refractivity contribution in [3.05, 3.63) is 76.9 Å². The normalized spacial score (nSPS) is 12.9. The topological polar surface area (TPSA) is 83.8 Å². The van der Waals surface area contributed by atoms with E-state index in [4.69, 9.17) is 20.2 Å². The lowest BCUT2D eigenvalue weighted by atomic mass is 10.0. The van der Waals surface area contributed by atoms with Crippen LogP contribution in [0.4, 0.5) is 14.5 Å². The number of hydrogen-bond acceptors (Lipinski definition) is 6. The Hall–Kier alpha value is -3.89. The van der Waals surface area contributed by atoms with Crippen molar-refractivity contribution >= 4 is 39.8 Å². The Bertz CT molecular complexity index is 1770. The molecule has 1 aliphatic rings. The van der Waals surface area contributed by atoms with Gasteiger partial charge in [0.05, 0.1) is 30.4 Å². The largest absolute Gasteiger partial charge is 0.496 e. The Labute approximate surface area is 227 Å². The molecule has 6 rings (SSSR count). The lowest BCUT2D eigenvalue weighted by Crippen LogP contribution is -2.08. The number of fused-ring (bicyclic) bond motifs is 4. The fraction of sp³-hybridized carbons (Fsp3) is 0.241. The molecule has 4 heterocycles. The van der Waals surface area contributed by atoms with Crippen molar-refractivity contribution in [2.75, 3.05) is 32.3 Å². The van der Waals surface area contributed by atoms with E-state index in [0.717, 1.165) is 61.8 Å². The summed E-state index contributed by atoms with van der Waals surface area (Å²) in [7, 11) is 3.32. The molecule has 0 aliphatic carbocycles. The number of imidazole rings is 1. The predicted octanol–water partition coefficient (Wildman–Crippen LogP) is 5.66. The second kappa shape index (κ2) is 9.69. The van der Waals surface area contributed by atoms with Crippen LogP contribution in [0.1, 0.15) is 27.4 Å². The summed E-state index contributed by atoms with van der Waals surface area (Å²) in [5.41, 5.74) is 10.5. The van der Waals surface area contributed by atoms with Crippen LogP contribution in [0.3, 0.4) is 0 Å². The second-order valence-electron chi connectivity index (χ2n) is 9.43. The molecule has 0 unspecified atom stereocenters. The van der Waals surface area contributed by atoms with Gasteiger partial charge in [-0.2, -0.15) is 0 Å². The summed E-state index contributed by atoms with van der Waals surface area (Å²) in [5.74, 6) is -0.0896. The zero-order valence-electron chi connectivity index (χ0n) is 21.7. The van der Waals surface area contributed by atoms with Crippen molar-refractivity contribution in [2.45, 2.75) is 24.8 Å². The van der Waals surface area contributed by atoms with Gasteiger partial charge >= 0.3 is 0 Å². The number of thioether (sulfide) groups is 1. The van der Waals surface area contributed by atoms with E-state index >= 15 is 0 Å². The predicted molar refractivity (Wildman–Crippen MR) is 148 cm³/mol. The van der Waals surface area contributed by atoms with E-state index < -0.39 is 23.1 Å². The number of ketones is 1. The molecule has 5 aromatic rings. The molecule has 200 valence electrons. The van der Waals surface area contributed by atoms with Crippen LogP contribution in [-0.2, 0) is 17.7 Å². The zero-order chi connectivity index (χ0) is 27.4. The quantitative estimate of drug-likeness (QED) is 0.218. The van der Waals surface area contributed by atoms with Crippen LogP contribution in [0.25, 0.3) is 27.7 Å². The highest BCUT2D eigenvalue weighted by Gasteiger charge is 2.27. The molecule has 7 nitrogen and oxygen atoms in total. The van der Waals surface area contributed by atoms with Crippen LogP contribution in [0.5, 0.6) is 5.75 Å². The molecule has 0 saturated heterocycles. The van der Waals surface area contributed by atoms with Gasteiger partial charge in [-0.1, -0.05) is 6.07 Å². The number of nitrogen functional groups attached to an aromatic ring is 1. The Morgan fingerprint density at radius 3 is 2.67 bits per heavy atom. The summed E-state index contributed by atoms with van der Waals surface area (Å²) in [6.45, 7) is 3.21. The molecule has 0 fully saturated rings. The number of rotatable bonds is 6. The summed E-state index contributed by atoms with van der Waals surface area (Å²) in [6, 6.07) is 9.64. The highest BCUT2D eigenvalue weighted by atomic mass is 32.2. The zero-order valence-corrected chi connectivity index (χ0v) is 22.5. The minimum Gasteiger partial charge on any atom is -0.496 e. The number of ether oxygens (including phenoxy) is 2. The number of nitrogens with two attached hydrogens (primary N) is 1. The molecule has 0 saturated carbocycles. The number of anilines is 1. The van der Waals surface area contributed by atoms with E-state index in [9.17, 15) is 13.6 Å². The third-order valence-corrected chi connectivity index (χ3v) is 8.32. The van der Waals surface area contributed by atoms with Gasteiger partial charge < -0.3 is 24.2 Å². The number of carbonyl (C=O) groups excluding carboxylic acids is 1.